The summed E-state index contributed by atoms with van der Waals surface area (Å²) < 4.78 is 5.24. The largest absolute Gasteiger partial charge is 0.444 e. The van der Waals surface area contributed by atoms with E-state index in [2.05, 4.69) is 10.6 Å². The van der Waals surface area contributed by atoms with Crippen LogP contribution in [-0.2, 0) is 9.53 Å². The van der Waals surface area contributed by atoms with E-state index in [9.17, 15) is 14.4 Å². The van der Waals surface area contributed by atoms with E-state index in [1.54, 1.807) is 45.0 Å². The van der Waals surface area contributed by atoms with Gasteiger partial charge >= 0.3 is 6.09 Å². The van der Waals surface area contributed by atoms with Gasteiger partial charge in [-0.1, -0.05) is 32.4 Å². The minimum absolute atomic E-state index is 0.1000. The van der Waals surface area contributed by atoms with Gasteiger partial charge in [0.2, 0.25) is 5.91 Å². The molecule has 2 atom stereocenters. The van der Waals surface area contributed by atoms with Gasteiger partial charge in [0.15, 0.2) is 5.78 Å². The molecule has 0 saturated heterocycles. The van der Waals surface area contributed by atoms with E-state index in [-0.39, 0.29) is 17.6 Å². The lowest BCUT2D eigenvalue weighted by molar-refractivity contribution is -0.119. The summed E-state index contributed by atoms with van der Waals surface area (Å²) in [4.78, 5) is 36.5. The molecule has 6 nitrogen and oxygen atoms in total. The number of carbonyl (C=O) groups is 3. The van der Waals surface area contributed by atoms with E-state index in [0.717, 1.165) is 0 Å². The minimum Gasteiger partial charge on any atom is -0.444 e. The van der Waals surface area contributed by atoms with Crippen molar-refractivity contribution < 1.29 is 19.1 Å². The Morgan fingerprint density at radius 2 is 1.76 bits per heavy atom. The number of anilines is 1. The fraction of sp³-hybridized carbons (Fsp3) is 0.526. The van der Waals surface area contributed by atoms with Crippen LogP contribution in [0.1, 0.15) is 58.3 Å². The van der Waals surface area contributed by atoms with E-state index in [4.69, 9.17) is 4.74 Å². The van der Waals surface area contributed by atoms with Crippen LogP contribution in [0, 0.1) is 5.92 Å². The number of amides is 2. The molecule has 0 unspecified atom stereocenters. The number of para-hydroxylation sites is 1. The second kappa shape index (κ2) is 8.65. The number of hydrogen-bond acceptors (Lipinski definition) is 4. The van der Waals surface area contributed by atoms with Crippen LogP contribution in [0.3, 0.4) is 0 Å². The van der Waals surface area contributed by atoms with Gasteiger partial charge in [-0.3, -0.25) is 9.59 Å². The van der Waals surface area contributed by atoms with Crippen LogP contribution in [0.4, 0.5) is 10.5 Å². The van der Waals surface area contributed by atoms with Crippen molar-refractivity contribution in [1.29, 1.82) is 0 Å². The third-order valence-corrected chi connectivity index (χ3v) is 3.73. The van der Waals surface area contributed by atoms with Gasteiger partial charge in [-0.15, -0.1) is 0 Å². The molecule has 0 aliphatic rings. The van der Waals surface area contributed by atoms with E-state index in [0.29, 0.717) is 17.7 Å². The van der Waals surface area contributed by atoms with Gasteiger partial charge < -0.3 is 15.4 Å². The summed E-state index contributed by atoms with van der Waals surface area (Å²) in [5.74, 6) is -0.623. The molecule has 25 heavy (non-hydrogen) atoms. The normalized spacial score (nSPS) is 13.5. The number of rotatable bonds is 6. The molecule has 1 rings (SSSR count). The number of hydrogen-bond donors (Lipinski definition) is 2. The Bertz CT molecular complexity index is 635. The highest BCUT2D eigenvalue weighted by molar-refractivity contribution is 6.05. The molecule has 138 valence electrons. The molecule has 0 fully saturated rings. The lowest BCUT2D eigenvalue weighted by atomic mass is 9.98. The molecule has 0 aliphatic heterocycles. The van der Waals surface area contributed by atoms with Crippen LogP contribution in [0.15, 0.2) is 24.3 Å². The Balaban J connectivity index is 2.95. The highest BCUT2D eigenvalue weighted by atomic mass is 16.6. The summed E-state index contributed by atoms with van der Waals surface area (Å²) >= 11 is 0. The Labute approximate surface area is 149 Å². The summed E-state index contributed by atoms with van der Waals surface area (Å²) in [5, 5.41) is 5.38. The zero-order valence-corrected chi connectivity index (χ0v) is 15.8. The Morgan fingerprint density at radius 1 is 1.16 bits per heavy atom. The molecule has 1 aromatic rings. The first-order valence-electron chi connectivity index (χ1n) is 8.45. The van der Waals surface area contributed by atoms with Crippen LogP contribution in [0.5, 0.6) is 0 Å². The van der Waals surface area contributed by atoms with Gasteiger partial charge in [-0.2, -0.15) is 0 Å². The highest BCUT2D eigenvalue weighted by Crippen LogP contribution is 2.18. The smallest absolute Gasteiger partial charge is 0.408 e. The molecule has 6 heteroatoms. The topological polar surface area (TPSA) is 84.5 Å². The maximum Gasteiger partial charge on any atom is 0.408 e. The number of benzene rings is 1. The maximum atomic E-state index is 12.7. The first kappa shape index (κ1) is 20.7. The average Bonchev–Trinajstić information content (AvgIpc) is 2.50. The van der Waals surface area contributed by atoms with Crippen molar-refractivity contribution in [3.05, 3.63) is 29.8 Å². The molecule has 0 saturated carbocycles. The Hall–Kier alpha value is -2.37. The molecular formula is C19H28N2O4. The van der Waals surface area contributed by atoms with Crippen molar-refractivity contribution in [3.63, 3.8) is 0 Å². The van der Waals surface area contributed by atoms with E-state index < -0.39 is 17.7 Å². The zero-order chi connectivity index (χ0) is 19.2. The molecule has 0 radical (unpaired) electrons. The van der Waals surface area contributed by atoms with Gasteiger partial charge in [0, 0.05) is 5.56 Å². The van der Waals surface area contributed by atoms with Crippen LogP contribution >= 0.6 is 0 Å². The Morgan fingerprint density at radius 3 is 2.28 bits per heavy atom. The number of ketones is 1. The summed E-state index contributed by atoms with van der Waals surface area (Å²) in [6.07, 6.45) is 0.0511. The molecule has 0 aromatic heterocycles. The van der Waals surface area contributed by atoms with Crippen molar-refractivity contribution >= 4 is 23.5 Å². The Kier molecular flexibility index (Phi) is 7.15. The van der Waals surface area contributed by atoms with Gasteiger partial charge in [-0.25, -0.2) is 4.79 Å². The lowest BCUT2D eigenvalue weighted by Gasteiger charge is -2.26. The molecule has 0 aliphatic carbocycles. The van der Waals surface area contributed by atoms with Crippen LogP contribution in [-0.4, -0.2) is 29.4 Å². The number of nitrogens with one attached hydrogen (secondary N) is 2. The number of ether oxygens (including phenoxy) is 1. The SMILES string of the molecule is CC[C@H](C)[C@H](NC(=O)OC(C)(C)C)C(=O)Nc1ccccc1C(C)=O. The van der Waals surface area contributed by atoms with Gasteiger partial charge in [0.1, 0.15) is 11.6 Å². The van der Waals surface area contributed by atoms with Crippen molar-refractivity contribution in [2.45, 2.75) is 59.6 Å². The summed E-state index contributed by atoms with van der Waals surface area (Å²) in [5.41, 5.74) is 0.206. The third kappa shape index (κ3) is 6.57. The zero-order valence-electron chi connectivity index (χ0n) is 15.8. The summed E-state index contributed by atoms with van der Waals surface area (Å²) in [7, 11) is 0. The lowest BCUT2D eigenvalue weighted by Crippen LogP contribution is -2.49. The third-order valence-electron chi connectivity index (χ3n) is 3.73. The van der Waals surface area contributed by atoms with Crippen molar-refractivity contribution in [2.24, 2.45) is 5.92 Å². The minimum atomic E-state index is -0.764. The first-order chi connectivity index (χ1) is 11.5. The molecular weight excluding hydrogens is 320 g/mol. The molecule has 2 N–H and O–H groups in total. The monoisotopic (exact) mass is 348 g/mol. The summed E-state index contributed by atoms with van der Waals surface area (Å²) in [6, 6.07) is 6.02. The standard InChI is InChI=1S/C19H28N2O4/c1-7-12(2)16(21-18(24)25-19(4,5)6)17(23)20-15-11-9-8-10-14(15)13(3)22/h8-12,16H,7H2,1-6H3,(H,20,23)(H,21,24)/t12-,16-/m0/s1. The van der Waals surface area contributed by atoms with Gasteiger partial charge in [0.05, 0.1) is 5.69 Å². The molecule has 1 aromatic carbocycles. The number of alkyl carbamates (subject to hydrolysis) is 1. The molecule has 0 spiro atoms. The average molecular weight is 348 g/mol. The first-order valence-corrected chi connectivity index (χ1v) is 8.45. The second-order valence-electron chi connectivity index (χ2n) is 7.10. The molecule has 0 heterocycles. The fourth-order valence-corrected chi connectivity index (χ4v) is 2.25. The fourth-order valence-electron chi connectivity index (χ4n) is 2.25. The van der Waals surface area contributed by atoms with E-state index in [1.807, 2.05) is 13.8 Å². The van der Waals surface area contributed by atoms with E-state index >= 15 is 0 Å². The van der Waals surface area contributed by atoms with Gasteiger partial charge in [-0.05, 0) is 45.7 Å². The van der Waals surface area contributed by atoms with Crippen LogP contribution < -0.4 is 10.6 Å². The number of Topliss-reactive ketones (excluding diaryl/α,β-unsaturated/α-hetero) is 1. The molecule has 2 amide bonds. The second-order valence-corrected chi connectivity index (χ2v) is 7.10. The van der Waals surface area contributed by atoms with Gasteiger partial charge in [0.25, 0.3) is 0 Å². The quantitative estimate of drug-likeness (QED) is 0.767. The van der Waals surface area contributed by atoms with Crippen LogP contribution in [0.25, 0.3) is 0 Å². The van der Waals surface area contributed by atoms with Crippen molar-refractivity contribution in [3.8, 4) is 0 Å². The predicted molar refractivity (Wildman–Crippen MR) is 97.7 cm³/mol. The van der Waals surface area contributed by atoms with Crippen LogP contribution in [0.2, 0.25) is 0 Å². The highest BCUT2D eigenvalue weighted by Gasteiger charge is 2.28. The maximum absolute atomic E-state index is 12.7. The molecule has 0 bridgehead atoms. The predicted octanol–water partition coefficient (Wildman–Crippen LogP) is 3.77. The van der Waals surface area contributed by atoms with Crippen molar-refractivity contribution in [2.75, 3.05) is 5.32 Å². The van der Waals surface area contributed by atoms with Crippen molar-refractivity contribution in [1.82, 2.24) is 5.32 Å². The number of carbonyl (C=O) groups excluding carboxylic acids is 3. The van der Waals surface area contributed by atoms with E-state index in [1.165, 1.54) is 6.92 Å². The summed E-state index contributed by atoms with van der Waals surface area (Å²) in [6.45, 7) is 10.5.